The van der Waals surface area contributed by atoms with Crippen molar-refractivity contribution in [2.45, 2.75) is 4.34 Å². The molecule has 0 saturated carbocycles. The van der Waals surface area contributed by atoms with Crippen LogP contribution in [0.5, 0.6) is 0 Å². The van der Waals surface area contributed by atoms with E-state index in [1.165, 1.54) is 9.75 Å². The van der Waals surface area contributed by atoms with Gasteiger partial charge in [0.1, 0.15) is 0 Å². The molecule has 0 saturated heterocycles. The zero-order chi connectivity index (χ0) is 13.8. The molecule has 0 atom stereocenters. The second-order valence-electron chi connectivity index (χ2n) is 4.07. The van der Waals surface area contributed by atoms with E-state index in [-0.39, 0.29) is 6.61 Å². The fraction of sp³-hybridized carbons (Fsp3) is 0.133. The first-order valence-electron chi connectivity index (χ1n) is 6.22. The first-order chi connectivity index (χ1) is 9.88. The molecule has 20 heavy (non-hydrogen) atoms. The number of rotatable bonds is 5. The average Bonchev–Trinajstić information content (AvgIpc) is 3.15. The summed E-state index contributed by atoms with van der Waals surface area (Å²) in [6.45, 7) is 0.180. The van der Waals surface area contributed by atoms with E-state index in [0.29, 0.717) is 5.75 Å². The Balaban J connectivity index is 2.05. The van der Waals surface area contributed by atoms with Gasteiger partial charge in [0.05, 0.1) is 17.2 Å². The summed E-state index contributed by atoms with van der Waals surface area (Å²) in [4.78, 5) is 7.21. The van der Waals surface area contributed by atoms with Crippen LogP contribution in [0.3, 0.4) is 0 Å². The smallest absolute Gasteiger partial charge is 0.151 e. The highest BCUT2D eigenvalue weighted by Gasteiger charge is 2.15. The van der Waals surface area contributed by atoms with E-state index in [1.54, 1.807) is 34.4 Å². The number of thiophene rings is 1. The normalized spacial score (nSPS) is 10.8. The Labute approximate surface area is 130 Å². The average molecular weight is 319 g/mol. The second-order valence-corrected chi connectivity index (χ2v) is 7.36. The van der Waals surface area contributed by atoms with Crippen molar-refractivity contribution in [1.29, 1.82) is 0 Å². The van der Waals surface area contributed by atoms with Crippen molar-refractivity contribution in [3.63, 3.8) is 0 Å². The van der Waals surface area contributed by atoms with Gasteiger partial charge in [0.25, 0.3) is 0 Å². The van der Waals surface area contributed by atoms with Crippen LogP contribution in [-0.2, 0) is 0 Å². The van der Waals surface area contributed by atoms with Crippen LogP contribution >= 0.6 is 34.4 Å². The number of hydrogen-bond acceptors (Lipinski definition) is 5. The molecule has 1 aromatic carbocycles. The lowest BCUT2D eigenvalue weighted by Gasteiger charge is -1.99. The maximum absolute atomic E-state index is 8.96. The Kier molecular flexibility index (Phi) is 4.52. The van der Waals surface area contributed by atoms with Crippen LogP contribution in [0.25, 0.3) is 21.0 Å². The number of hydrogen-bond donors (Lipinski definition) is 1. The van der Waals surface area contributed by atoms with Crippen LogP contribution < -0.4 is 0 Å². The van der Waals surface area contributed by atoms with Gasteiger partial charge >= 0.3 is 0 Å². The fourth-order valence-corrected chi connectivity index (χ4v) is 4.69. The molecule has 2 aromatic heterocycles. The third kappa shape index (κ3) is 2.96. The summed E-state index contributed by atoms with van der Waals surface area (Å²) in [5, 5.41) is 11.1. The molecule has 0 aliphatic rings. The van der Waals surface area contributed by atoms with Crippen LogP contribution in [0.4, 0.5) is 0 Å². The molecule has 0 aliphatic heterocycles. The Bertz CT molecular complexity index is 662. The molecule has 2 heterocycles. The van der Waals surface area contributed by atoms with Crippen LogP contribution in [0.1, 0.15) is 0 Å². The summed E-state index contributed by atoms with van der Waals surface area (Å²) in [7, 11) is 0. The van der Waals surface area contributed by atoms with E-state index < -0.39 is 0 Å². The summed E-state index contributed by atoms with van der Waals surface area (Å²) >= 11 is 5.05. The number of thiazole rings is 1. The predicted octanol–water partition coefficient (Wildman–Crippen LogP) is 4.62. The summed E-state index contributed by atoms with van der Waals surface area (Å²) in [6.07, 6.45) is 0. The summed E-state index contributed by atoms with van der Waals surface area (Å²) in [6, 6.07) is 14.5. The van der Waals surface area contributed by atoms with Crippen LogP contribution in [0.2, 0.25) is 0 Å². The maximum Gasteiger partial charge on any atom is 0.151 e. The molecule has 2 nitrogen and oxygen atoms in total. The van der Waals surface area contributed by atoms with Crippen LogP contribution in [-0.4, -0.2) is 22.5 Å². The molecule has 0 unspecified atom stereocenters. The molecular formula is C15H13NOS3. The Hall–Kier alpha value is -1.14. The lowest BCUT2D eigenvalue weighted by molar-refractivity contribution is 0.322. The molecule has 3 aromatic rings. The van der Waals surface area contributed by atoms with Gasteiger partial charge in [-0.05, 0) is 11.4 Å². The minimum absolute atomic E-state index is 0.180. The quantitative estimate of drug-likeness (QED) is 0.696. The molecule has 5 heteroatoms. The van der Waals surface area contributed by atoms with Crippen molar-refractivity contribution in [2.75, 3.05) is 12.4 Å². The van der Waals surface area contributed by atoms with Crippen molar-refractivity contribution in [3.05, 3.63) is 47.8 Å². The molecule has 0 fully saturated rings. The van der Waals surface area contributed by atoms with Gasteiger partial charge < -0.3 is 5.11 Å². The lowest BCUT2D eigenvalue weighted by atomic mass is 10.1. The first kappa shape index (κ1) is 13.8. The number of aliphatic hydroxyl groups is 1. The molecular weight excluding hydrogens is 306 g/mol. The van der Waals surface area contributed by atoms with Gasteiger partial charge in [0.15, 0.2) is 4.34 Å². The molecule has 0 bridgehead atoms. The highest BCUT2D eigenvalue weighted by Crippen LogP contribution is 2.41. The van der Waals surface area contributed by atoms with E-state index in [2.05, 4.69) is 29.6 Å². The molecule has 0 aliphatic carbocycles. The zero-order valence-electron chi connectivity index (χ0n) is 10.7. The van der Waals surface area contributed by atoms with Crippen molar-refractivity contribution in [2.24, 2.45) is 0 Å². The third-order valence-corrected chi connectivity index (χ3v) is 5.94. The van der Waals surface area contributed by atoms with Gasteiger partial charge in [-0.2, -0.15) is 0 Å². The fourth-order valence-electron chi connectivity index (χ4n) is 1.86. The third-order valence-electron chi connectivity index (χ3n) is 2.72. The highest BCUT2D eigenvalue weighted by atomic mass is 32.2. The molecule has 1 N–H and O–H groups in total. The number of aliphatic hydroxyl groups excluding tert-OH is 1. The molecule has 3 rings (SSSR count). The number of aromatic nitrogens is 1. The van der Waals surface area contributed by atoms with Crippen molar-refractivity contribution >= 4 is 34.4 Å². The van der Waals surface area contributed by atoms with Gasteiger partial charge in [-0.1, -0.05) is 48.2 Å². The molecule has 0 amide bonds. The minimum Gasteiger partial charge on any atom is -0.396 e. The maximum atomic E-state index is 8.96. The van der Waals surface area contributed by atoms with Gasteiger partial charge in [-0.3, -0.25) is 0 Å². The largest absolute Gasteiger partial charge is 0.396 e. The van der Waals surface area contributed by atoms with E-state index in [9.17, 15) is 0 Å². The molecule has 0 spiro atoms. The standard InChI is InChI=1S/C15H13NOS3/c17-8-10-19-15-16-13(11-5-2-1-3-6-11)14(20-15)12-7-4-9-18-12/h1-7,9,17H,8,10H2. The monoisotopic (exact) mass is 319 g/mol. The van der Waals surface area contributed by atoms with Crippen LogP contribution in [0.15, 0.2) is 52.2 Å². The Morgan fingerprint density at radius 1 is 1.10 bits per heavy atom. The Morgan fingerprint density at radius 2 is 1.95 bits per heavy atom. The molecule has 0 radical (unpaired) electrons. The predicted molar refractivity (Wildman–Crippen MR) is 88.7 cm³/mol. The van der Waals surface area contributed by atoms with Crippen LogP contribution in [0, 0.1) is 0 Å². The zero-order valence-corrected chi connectivity index (χ0v) is 13.1. The van der Waals surface area contributed by atoms with Crippen molar-refractivity contribution < 1.29 is 5.11 Å². The summed E-state index contributed by atoms with van der Waals surface area (Å²) < 4.78 is 1.02. The first-order valence-corrected chi connectivity index (χ1v) is 8.90. The minimum atomic E-state index is 0.180. The highest BCUT2D eigenvalue weighted by molar-refractivity contribution is 8.01. The topological polar surface area (TPSA) is 33.1 Å². The van der Waals surface area contributed by atoms with E-state index in [4.69, 9.17) is 10.1 Å². The van der Waals surface area contributed by atoms with Crippen molar-refractivity contribution in [3.8, 4) is 21.0 Å². The number of nitrogens with zero attached hydrogens (tertiary/aromatic N) is 1. The molecule has 102 valence electrons. The van der Waals surface area contributed by atoms with E-state index >= 15 is 0 Å². The summed E-state index contributed by atoms with van der Waals surface area (Å²) in [5.74, 6) is 0.686. The Morgan fingerprint density at radius 3 is 2.65 bits per heavy atom. The lowest BCUT2D eigenvalue weighted by Crippen LogP contribution is -1.85. The van der Waals surface area contributed by atoms with Gasteiger partial charge in [-0.15, -0.1) is 22.7 Å². The number of benzene rings is 1. The summed E-state index contributed by atoms with van der Waals surface area (Å²) in [5.41, 5.74) is 2.18. The SMILES string of the molecule is OCCSc1nc(-c2ccccc2)c(-c2cccs2)s1. The van der Waals surface area contributed by atoms with Gasteiger partial charge in [-0.25, -0.2) is 4.98 Å². The van der Waals surface area contributed by atoms with Crippen molar-refractivity contribution in [1.82, 2.24) is 4.98 Å². The van der Waals surface area contributed by atoms with Gasteiger partial charge in [0, 0.05) is 16.2 Å². The number of thioether (sulfide) groups is 1. The second kappa shape index (κ2) is 6.54. The van der Waals surface area contributed by atoms with E-state index in [1.807, 2.05) is 18.2 Å². The van der Waals surface area contributed by atoms with E-state index in [0.717, 1.165) is 15.6 Å². The van der Waals surface area contributed by atoms with Gasteiger partial charge in [0.2, 0.25) is 0 Å².